The largest absolute Gasteiger partial charge is 0.386 e. The maximum absolute atomic E-state index is 10.3. The lowest BCUT2D eigenvalue weighted by atomic mass is 9.89. The minimum absolute atomic E-state index is 0.539. The van der Waals surface area contributed by atoms with E-state index in [0.29, 0.717) is 13.1 Å². The van der Waals surface area contributed by atoms with Crippen LogP contribution in [-0.2, 0) is 0 Å². The fourth-order valence-corrected chi connectivity index (χ4v) is 2.89. The van der Waals surface area contributed by atoms with Crippen LogP contribution in [0.25, 0.3) is 10.8 Å². The van der Waals surface area contributed by atoms with Gasteiger partial charge in [0.15, 0.2) is 5.82 Å². The lowest BCUT2D eigenvalue weighted by molar-refractivity contribution is 0.00304. The van der Waals surface area contributed by atoms with Crippen LogP contribution in [0, 0.1) is 6.92 Å². The lowest BCUT2D eigenvalue weighted by Gasteiger charge is -2.47. The predicted molar refractivity (Wildman–Crippen MR) is 76.3 cm³/mol. The number of benzene rings is 1. The molecule has 1 aliphatic rings. The van der Waals surface area contributed by atoms with Crippen LogP contribution in [0.3, 0.4) is 0 Å². The number of aryl methyl sites for hydroxylation is 1. The number of nitrogens with zero attached hydrogens (tertiary/aromatic N) is 3. The van der Waals surface area contributed by atoms with Crippen LogP contribution in [-0.4, -0.2) is 34.0 Å². The molecule has 1 aromatic carbocycles. The molecule has 0 unspecified atom stereocenters. The highest BCUT2D eigenvalue weighted by Gasteiger charge is 2.41. The van der Waals surface area contributed by atoms with E-state index in [1.165, 1.54) is 0 Å². The smallest absolute Gasteiger partial charge is 0.159 e. The molecule has 0 saturated carbocycles. The Morgan fingerprint density at radius 3 is 2.58 bits per heavy atom. The molecule has 3 rings (SSSR count). The van der Waals surface area contributed by atoms with E-state index in [-0.39, 0.29) is 0 Å². The normalized spacial score (nSPS) is 17.5. The van der Waals surface area contributed by atoms with Gasteiger partial charge in [0.05, 0.1) is 24.4 Å². The van der Waals surface area contributed by atoms with Crippen molar-refractivity contribution in [1.29, 1.82) is 0 Å². The average Bonchev–Trinajstić information content (AvgIpc) is 2.37. The standard InChI is InChI=1S/C15H19N3O/c1-3-8-15(19)9-18(10-15)14-13-7-5-4-6-12(13)11(2)16-17-14/h4-7,19H,3,8-10H2,1-2H3. The van der Waals surface area contributed by atoms with E-state index >= 15 is 0 Å². The second-order valence-corrected chi connectivity index (χ2v) is 5.49. The minimum atomic E-state index is -0.539. The summed E-state index contributed by atoms with van der Waals surface area (Å²) in [7, 11) is 0. The highest BCUT2D eigenvalue weighted by Crippen LogP contribution is 2.33. The Hall–Kier alpha value is -1.68. The number of aromatic nitrogens is 2. The van der Waals surface area contributed by atoms with E-state index < -0.39 is 5.60 Å². The summed E-state index contributed by atoms with van der Waals surface area (Å²) in [6, 6.07) is 8.18. The molecule has 1 saturated heterocycles. The third-order valence-corrected chi connectivity index (χ3v) is 3.84. The molecule has 0 amide bonds. The maximum Gasteiger partial charge on any atom is 0.159 e. The topological polar surface area (TPSA) is 49.2 Å². The van der Waals surface area contributed by atoms with Crippen molar-refractivity contribution in [3.8, 4) is 0 Å². The molecule has 1 aromatic heterocycles. The first-order valence-corrected chi connectivity index (χ1v) is 6.82. The summed E-state index contributed by atoms with van der Waals surface area (Å²) in [6.45, 7) is 5.38. The summed E-state index contributed by atoms with van der Waals surface area (Å²) < 4.78 is 0. The van der Waals surface area contributed by atoms with Crippen LogP contribution in [0.15, 0.2) is 24.3 Å². The third kappa shape index (κ3) is 2.06. The van der Waals surface area contributed by atoms with Gasteiger partial charge in [-0.3, -0.25) is 0 Å². The summed E-state index contributed by atoms with van der Waals surface area (Å²) in [6.07, 6.45) is 1.85. The molecule has 4 heteroatoms. The van der Waals surface area contributed by atoms with Crippen LogP contribution < -0.4 is 4.90 Å². The Kier molecular flexibility index (Phi) is 2.90. The van der Waals surface area contributed by atoms with Gasteiger partial charge in [0.2, 0.25) is 0 Å². The summed E-state index contributed by atoms with van der Waals surface area (Å²) >= 11 is 0. The molecule has 4 nitrogen and oxygen atoms in total. The number of hydrogen-bond acceptors (Lipinski definition) is 4. The number of hydrogen-bond donors (Lipinski definition) is 1. The predicted octanol–water partition coefficient (Wildman–Crippen LogP) is 2.29. The molecule has 0 spiro atoms. The summed E-state index contributed by atoms with van der Waals surface area (Å²) in [4.78, 5) is 2.12. The van der Waals surface area contributed by atoms with Crippen LogP contribution in [0.4, 0.5) is 5.82 Å². The zero-order valence-electron chi connectivity index (χ0n) is 11.4. The number of rotatable bonds is 3. The summed E-state index contributed by atoms with van der Waals surface area (Å²) in [5, 5.41) is 21.1. The quantitative estimate of drug-likeness (QED) is 0.916. The van der Waals surface area contributed by atoms with Gasteiger partial charge in [0, 0.05) is 10.8 Å². The van der Waals surface area contributed by atoms with E-state index in [1.54, 1.807) is 0 Å². The Morgan fingerprint density at radius 1 is 1.21 bits per heavy atom. The third-order valence-electron chi connectivity index (χ3n) is 3.84. The summed E-state index contributed by atoms with van der Waals surface area (Å²) in [5.74, 6) is 0.891. The van der Waals surface area contributed by atoms with Gasteiger partial charge in [-0.05, 0) is 13.3 Å². The number of anilines is 1. The van der Waals surface area contributed by atoms with Gasteiger partial charge >= 0.3 is 0 Å². The number of fused-ring (bicyclic) bond motifs is 1. The van der Waals surface area contributed by atoms with E-state index in [2.05, 4.69) is 34.2 Å². The van der Waals surface area contributed by atoms with Crippen molar-refractivity contribution < 1.29 is 5.11 Å². The first-order valence-electron chi connectivity index (χ1n) is 6.82. The Balaban J connectivity index is 1.93. The first kappa shape index (κ1) is 12.4. The lowest BCUT2D eigenvalue weighted by Crippen LogP contribution is -2.62. The number of β-amino-alcohol motifs (C(OH)–C–C–N with tert-alkyl or cyclic N) is 1. The van der Waals surface area contributed by atoms with Crippen molar-refractivity contribution in [3.63, 3.8) is 0 Å². The van der Waals surface area contributed by atoms with Crippen molar-refractivity contribution >= 4 is 16.6 Å². The van der Waals surface area contributed by atoms with Gasteiger partial charge in [-0.25, -0.2) is 0 Å². The Morgan fingerprint density at radius 2 is 1.89 bits per heavy atom. The molecule has 0 bridgehead atoms. The highest BCUT2D eigenvalue weighted by atomic mass is 16.3. The van der Waals surface area contributed by atoms with Crippen molar-refractivity contribution in [3.05, 3.63) is 30.0 Å². The van der Waals surface area contributed by atoms with E-state index in [0.717, 1.165) is 35.1 Å². The molecule has 2 aromatic rings. The molecule has 0 radical (unpaired) electrons. The SMILES string of the molecule is CCCC1(O)CN(c2nnc(C)c3ccccc23)C1. The minimum Gasteiger partial charge on any atom is -0.386 e. The second kappa shape index (κ2) is 4.46. The molecule has 2 heterocycles. The molecule has 0 atom stereocenters. The van der Waals surface area contributed by atoms with Crippen molar-refractivity contribution in [2.45, 2.75) is 32.3 Å². The molecule has 100 valence electrons. The van der Waals surface area contributed by atoms with Crippen molar-refractivity contribution in [2.75, 3.05) is 18.0 Å². The van der Waals surface area contributed by atoms with Crippen LogP contribution >= 0.6 is 0 Å². The Labute approximate surface area is 113 Å². The van der Waals surface area contributed by atoms with Gasteiger partial charge < -0.3 is 10.0 Å². The molecular formula is C15H19N3O. The fraction of sp³-hybridized carbons (Fsp3) is 0.467. The van der Waals surface area contributed by atoms with Gasteiger partial charge in [-0.2, -0.15) is 5.10 Å². The highest BCUT2D eigenvalue weighted by molar-refractivity contribution is 5.93. The zero-order chi connectivity index (χ0) is 13.5. The van der Waals surface area contributed by atoms with Crippen LogP contribution in [0.1, 0.15) is 25.5 Å². The molecule has 0 aliphatic carbocycles. The maximum atomic E-state index is 10.3. The first-order chi connectivity index (χ1) is 9.13. The monoisotopic (exact) mass is 257 g/mol. The van der Waals surface area contributed by atoms with Gasteiger partial charge in [-0.1, -0.05) is 37.6 Å². The molecular weight excluding hydrogens is 238 g/mol. The van der Waals surface area contributed by atoms with E-state index in [1.807, 2.05) is 19.1 Å². The van der Waals surface area contributed by atoms with Crippen molar-refractivity contribution in [1.82, 2.24) is 10.2 Å². The van der Waals surface area contributed by atoms with E-state index in [4.69, 9.17) is 0 Å². The molecule has 1 N–H and O–H groups in total. The van der Waals surface area contributed by atoms with Gasteiger partial charge in [-0.15, -0.1) is 5.10 Å². The van der Waals surface area contributed by atoms with Crippen molar-refractivity contribution in [2.24, 2.45) is 0 Å². The Bertz CT molecular complexity index is 605. The molecule has 1 aliphatic heterocycles. The zero-order valence-corrected chi connectivity index (χ0v) is 11.4. The molecule has 1 fully saturated rings. The molecule has 19 heavy (non-hydrogen) atoms. The fourth-order valence-electron chi connectivity index (χ4n) is 2.89. The second-order valence-electron chi connectivity index (χ2n) is 5.49. The summed E-state index contributed by atoms with van der Waals surface area (Å²) in [5.41, 5.74) is 0.409. The average molecular weight is 257 g/mol. The van der Waals surface area contributed by atoms with Crippen LogP contribution in [0.5, 0.6) is 0 Å². The number of aliphatic hydroxyl groups is 1. The van der Waals surface area contributed by atoms with Gasteiger partial charge in [0.1, 0.15) is 0 Å². The van der Waals surface area contributed by atoms with Gasteiger partial charge in [0.25, 0.3) is 0 Å². The van der Waals surface area contributed by atoms with E-state index in [9.17, 15) is 5.11 Å². The van der Waals surface area contributed by atoms with Crippen LogP contribution in [0.2, 0.25) is 0 Å².